The monoisotopic (exact) mass is 277 g/mol. The third-order valence-corrected chi connectivity index (χ3v) is 3.15. The number of nitrogens with zero attached hydrogens (tertiary/aromatic N) is 6. The van der Waals surface area contributed by atoms with E-state index in [-0.39, 0.29) is 12.0 Å². The Morgan fingerprint density at radius 2 is 2.45 bits per heavy atom. The first-order chi connectivity index (χ1) is 9.79. The number of esters is 1. The molecule has 0 aromatic carbocycles. The lowest BCUT2D eigenvalue weighted by molar-refractivity contribution is -0.144. The summed E-state index contributed by atoms with van der Waals surface area (Å²) >= 11 is 0. The predicted octanol–water partition coefficient (Wildman–Crippen LogP) is -1.14. The minimum atomic E-state index is -0.384. The first kappa shape index (κ1) is 12.7. The average molecular weight is 277 g/mol. The molecule has 0 aliphatic carbocycles. The van der Waals surface area contributed by atoms with Crippen molar-refractivity contribution in [3.05, 3.63) is 12.1 Å². The molecule has 1 saturated heterocycles. The number of rotatable bonds is 3. The second-order valence-corrected chi connectivity index (χ2v) is 4.38. The van der Waals surface area contributed by atoms with Crippen molar-refractivity contribution >= 4 is 17.4 Å². The first-order valence-electron chi connectivity index (χ1n) is 6.49. The summed E-state index contributed by atoms with van der Waals surface area (Å²) in [7, 11) is 0. The SMILES string of the molecule is CCOC(=O)C1CNCCN1c1ccc2nnnn2n1. The van der Waals surface area contributed by atoms with Gasteiger partial charge >= 0.3 is 5.97 Å². The molecule has 1 unspecified atom stereocenters. The highest BCUT2D eigenvalue weighted by Crippen LogP contribution is 2.16. The number of aromatic nitrogens is 5. The Morgan fingerprint density at radius 3 is 3.30 bits per heavy atom. The fourth-order valence-corrected chi connectivity index (χ4v) is 2.22. The molecule has 3 heterocycles. The molecule has 2 aromatic heterocycles. The van der Waals surface area contributed by atoms with Crippen LogP contribution in [-0.4, -0.2) is 63.5 Å². The van der Waals surface area contributed by atoms with Gasteiger partial charge in [0.1, 0.15) is 6.04 Å². The van der Waals surface area contributed by atoms with Gasteiger partial charge in [0.15, 0.2) is 11.5 Å². The summed E-state index contributed by atoms with van der Waals surface area (Å²) in [6.07, 6.45) is 0. The van der Waals surface area contributed by atoms with Crippen LogP contribution in [0.4, 0.5) is 5.82 Å². The number of anilines is 1. The number of tetrazole rings is 1. The van der Waals surface area contributed by atoms with Crippen LogP contribution in [0.1, 0.15) is 6.92 Å². The Hall–Kier alpha value is -2.29. The van der Waals surface area contributed by atoms with E-state index < -0.39 is 0 Å². The van der Waals surface area contributed by atoms with Crippen molar-refractivity contribution in [1.82, 2.24) is 30.6 Å². The molecule has 1 fully saturated rings. The van der Waals surface area contributed by atoms with Crippen molar-refractivity contribution < 1.29 is 9.53 Å². The normalized spacial score (nSPS) is 19.2. The molecule has 0 bridgehead atoms. The van der Waals surface area contributed by atoms with Crippen LogP contribution in [0.5, 0.6) is 0 Å². The summed E-state index contributed by atoms with van der Waals surface area (Å²) < 4.78 is 6.46. The van der Waals surface area contributed by atoms with E-state index in [0.29, 0.717) is 31.2 Å². The molecule has 106 valence electrons. The molecule has 1 aliphatic rings. The maximum absolute atomic E-state index is 12.0. The Bertz CT molecular complexity index is 614. The lowest BCUT2D eigenvalue weighted by atomic mass is 10.2. The lowest BCUT2D eigenvalue weighted by Gasteiger charge is -2.35. The van der Waals surface area contributed by atoms with Gasteiger partial charge < -0.3 is 15.0 Å². The summed E-state index contributed by atoms with van der Waals surface area (Å²) in [5.41, 5.74) is 0.566. The summed E-state index contributed by atoms with van der Waals surface area (Å²) in [4.78, 5) is 13.9. The van der Waals surface area contributed by atoms with Crippen LogP contribution in [0, 0.1) is 0 Å². The van der Waals surface area contributed by atoms with Crippen LogP contribution in [-0.2, 0) is 9.53 Å². The van der Waals surface area contributed by atoms with Gasteiger partial charge in [0.05, 0.1) is 6.61 Å². The van der Waals surface area contributed by atoms with Crippen molar-refractivity contribution in [3.8, 4) is 0 Å². The van der Waals surface area contributed by atoms with Crippen LogP contribution in [0.15, 0.2) is 12.1 Å². The largest absolute Gasteiger partial charge is 0.464 e. The van der Waals surface area contributed by atoms with Gasteiger partial charge in [-0.05, 0) is 29.5 Å². The lowest BCUT2D eigenvalue weighted by Crippen LogP contribution is -2.56. The third-order valence-electron chi connectivity index (χ3n) is 3.15. The molecule has 9 nitrogen and oxygen atoms in total. The van der Waals surface area contributed by atoms with Gasteiger partial charge in [-0.2, -0.15) is 0 Å². The van der Waals surface area contributed by atoms with Crippen LogP contribution < -0.4 is 10.2 Å². The van der Waals surface area contributed by atoms with E-state index in [1.165, 1.54) is 4.63 Å². The minimum absolute atomic E-state index is 0.252. The minimum Gasteiger partial charge on any atom is -0.464 e. The summed E-state index contributed by atoms with van der Waals surface area (Å²) in [5, 5.41) is 18.6. The molecule has 20 heavy (non-hydrogen) atoms. The Kier molecular flexibility index (Phi) is 3.42. The number of nitrogens with one attached hydrogen (secondary N) is 1. The highest BCUT2D eigenvalue weighted by Gasteiger charge is 2.31. The van der Waals surface area contributed by atoms with Gasteiger partial charge in [0.2, 0.25) is 0 Å². The summed E-state index contributed by atoms with van der Waals surface area (Å²) in [6, 6.07) is 3.20. The maximum atomic E-state index is 12.0. The first-order valence-corrected chi connectivity index (χ1v) is 6.49. The number of carbonyl (C=O) groups excluding carboxylic acids is 1. The second-order valence-electron chi connectivity index (χ2n) is 4.38. The van der Waals surface area contributed by atoms with Crippen molar-refractivity contribution in [3.63, 3.8) is 0 Å². The zero-order valence-corrected chi connectivity index (χ0v) is 11.1. The molecular formula is C11H15N7O2. The molecule has 0 spiro atoms. The van der Waals surface area contributed by atoms with Gasteiger partial charge in [-0.25, -0.2) is 4.79 Å². The summed E-state index contributed by atoms with van der Waals surface area (Å²) in [5.74, 6) is 0.405. The van der Waals surface area contributed by atoms with E-state index in [4.69, 9.17) is 4.74 Å². The topological polar surface area (TPSA) is 97.5 Å². The number of carbonyl (C=O) groups is 1. The Labute approximate surface area is 114 Å². The smallest absolute Gasteiger partial charge is 0.330 e. The fraction of sp³-hybridized carbons (Fsp3) is 0.545. The zero-order valence-electron chi connectivity index (χ0n) is 11.1. The molecule has 0 saturated carbocycles. The van der Waals surface area contributed by atoms with Crippen LogP contribution in [0.2, 0.25) is 0 Å². The van der Waals surface area contributed by atoms with E-state index in [0.717, 1.165) is 6.54 Å². The Balaban J connectivity index is 1.90. The van der Waals surface area contributed by atoms with Gasteiger partial charge in [0, 0.05) is 19.6 Å². The quantitative estimate of drug-likeness (QED) is 0.703. The third kappa shape index (κ3) is 2.27. The van der Waals surface area contributed by atoms with Crippen molar-refractivity contribution in [2.45, 2.75) is 13.0 Å². The molecule has 0 amide bonds. The van der Waals surface area contributed by atoms with Crippen LogP contribution in [0.3, 0.4) is 0 Å². The molecular weight excluding hydrogens is 262 g/mol. The Morgan fingerprint density at radius 1 is 1.55 bits per heavy atom. The second kappa shape index (κ2) is 5.37. The van der Waals surface area contributed by atoms with Crippen LogP contribution in [0.25, 0.3) is 5.65 Å². The van der Waals surface area contributed by atoms with Gasteiger partial charge in [-0.3, -0.25) is 0 Å². The van der Waals surface area contributed by atoms with E-state index in [1.54, 1.807) is 13.0 Å². The molecule has 2 aromatic rings. The number of hydrogen-bond donors (Lipinski definition) is 1. The van der Waals surface area contributed by atoms with E-state index in [1.807, 2.05) is 11.0 Å². The number of piperazine rings is 1. The summed E-state index contributed by atoms with van der Waals surface area (Å²) in [6.45, 7) is 4.15. The number of hydrogen-bond acceptors (Lipinski definition) is 8. The highest BCUT2D eigenvalue weighted by molar-refractivity contribution is 5.80. The van der Waals surface area contributed by atoms with E-state index in [2.05, 4.69) is 25.9 Å². The van der Waals surface area contributed by atoms with Crippen molar-refractivity contribution in [1.29, 1.82) is 0 Å². The number of ether oxygens (including phenoxy) is 1. The van der Waals surface area contributed by atoms with Gasteiger partial charge in [-0.1, -0.05) is 0 Å². The van der Waals surface area contributed by atoms with Crippen molar-refractivity contribution in [2.24, 2.45) is 0 Å². The fourth-order valence-electron chi connectivity index (χ4n) is 2.22. The standard InChI is InChI=1S/C11H15N7O2/c1-2-20-11(19)8-7-12-5-6-17(8)10-4-3-9-13-15-16-18(9)14-10/h3-4,8,12H,2,5-7H2,1H3. The molecule has 1 aliphatic heterocycles. The molecule has 9 heteroatoms. The molecule has 3 rings (SSSR count). The average Bonchev–Trinajstić information content (AvgIpc) is 2.95. The van der Waals surface area contributed by atoms with Crippen LogP contribution >= 0.6 is 0 Å². The highest BCUT2D eigenvalue weighted by atomic mass is 16.5. The molecule has 1 atom stereocenters. The van der Waals surface area contributed by atoms with Gasteiger partial charge in [-0.15, -0.1) is 14.8 Å². The number of fused-ring (bicyclic) bond motifs is 1. The van der Waals surface area contributed by atoms with E-state index in [9.17, 15) is 4.79 Å². The van der Waals surface area contributed by atoms with Gasteiger partial charge in [0.25, 0.3) is 0 Å². The maximum Gasteiger partial charge on any atom is 0.330 e. The van der Waals surface area contributed by atoms with E-state index >= 15 is 0 Å². The molecule has 1 N–H and O–H groups in total. The van der Waals surface area contributed by atoms with Crippen molar-refractivity contribution in [2.75, 3.05) is 31.1 Å². The predicted molar refractivity (Wildman–Crippen MR) is 69.2 cm³/mol. The zero-order chi connectivity index (χ0) is 13.9. The molecule has 0 radical (unpaired) electrons.